The molecule has 236 valence electrons. The van der Waals surface area contributed by atoms with Gasteiger partial charge in [-0.05, 0) is 105 Å². The van der Waals surface area contributed by atoms with E-state index in [1.807, 2.05) is 32.0 Å². The number of benzene rings is 2. The predicted octanol–water partition coefficient (Wildman–Crippen LogP) is 4.52. The van der Waals surface area contributed by atoms with Gasteiger partial charge >= 0.3 is 0 Å². The van der Waals surface area contributed by atoms with Gasteiger partial charge in [-0.2, -0.15) is 0 Å². The van der Waals surface area contributed by atoms with E-state index in [-0.39, 0.29) is 22.7 Å². The van der Waals surface area contributed by atoms with E-state index in [1.165, 1.54) is 4.31 Å². The maximum atomic E-state index is 13.4. The first-order valence-electron chi connectivity index (χ1n) is 15.5. The lowest BCUT2D eigenvalue weighted by Crippen LogP contribution is -2.51. The van der Waals surface area contributed by atoms with Crippen LogP contribution in [0.5, 0.6) is 0 Å². The lowest BCUT2D eigenvalue weighted by atomic mass is 9.82. The quantitative estimate of drug-likeness (QED) is 0.432. The minimum Gasteiger partial charge on any atom is -0.322 e. The Hall–Kier alpha value is -3.15. The Morgan fingerprint density at radius 3 is 2.32 bits per heavy atom. The third kappa shape index (κ3) is 6.89. The van der Waals surface area contributed by atoms with Crippen LogP contribution in [0.3, 0.4) is 0 Å². The van der Waals surface area contributed by atoms with Crippen LogP contribution in [0.1, 0.15) is 72.5 Å². The Bertz CT molecular complexity index is 1530. The fourth-order valence-electron chi connectivity index (χ4n) is 6.62. The van der Waals surface area contributed by atoms with Crippen LogP contribution < -0.4 is 15.5 Å². The van der Waals surface area contributed by atoms with Crippen molar-refractivity contribution in [3.63, 3.8) is 0 Å². The minimum absolute atomic E-state index is 0.0105. The number of aliphatic imine (C=N–C) groups is 1. The van der Waals surface area contributed by atoms with E-state index in [2.05, 4.69) is 17.6 Å². The van der Waals surface area contributed by atoms with Crippen LogP contribution in [0, 0.1) is 25.7 Å². The maximum Gasteiger partial charge on any atom is 0.257 e. The summed E-state index contributed by atoms with van der Waals surface area (Å²) in [6, 6.07) is 12.8. The monoisotopic (exact) mass is 637 g/mol. The number of rotatable bonds is 7. The molecule has 3 aliphatic rings. The largest absolute Gasteiger partial charge is 0.322 e. The molecule has 11 heteroatoms. The topological polar surface area (TPSA) is 111 Å². The molecule has 5 rings (SSSR count). The molecular weight excluding hydrogens is 595 g/mol. The first-order chi connectivity index (χ1) is 20.9. The number of hydrogen-bond acceptors (Lipinski definition) is 6. The van der Waals surface area contributed by atoms with Crippen molar-refractivity contribution in [2.75, 3.05) is 30.8 Å². The summed E-state index contributed by atoms with van der Waals surface area (Å²) < 4.78 is 28.4. The molecule has 2 N–H and O–H groups in total. The summed E-state index contributed by atoms with van der Waals surface area (Å²) in [4.78, 5) is 32.2. The highest BCUT2D eigenvalue weighted by Crippen LogP contribution is 2.36. The van der Waals surface area contributed by atoms with Gasteiger partial charge in [0.15, 0.2) is 5.11 Å². The Balaban J connectivity index is 1.18. The molecule has 2 aromatic carbocycles. The van der Waals surface area contributed by atoms with Crippen LogP contribution in [0.4, 0.5) is 5.69 Å². The van der Waals surface area contributed by atoms with Gasteiger partial charge in [0.2, 0.25) is 10.0 Å². The summed E-state index contributed by atoms with van der Waals surface area (Å²) in [5, 5.41) is 6.10. The number of piperidine rings is 1. The number of sulfonamides is 1. The number of thiocarbonyl (C=S) groups is 1. The zero-order chi connectivity index (χ0) is 31.6. The van der Waals surface area contributed by atoms with E-state index in [0.717, 1.165) is 59.8 Å². The summed E-state index contributed by atoms with van der Waals surface area (Å²) in [5.41, 5.74) is 3.39. The number of hydrogen-bond donors (Lipinski definition) is 2. The van der Waals surface area contributed by atoms with Gasteiger partial charge < -0.3 is 10.2 Å². The van der Waals surface area contributed by atoms with Gasteiger partial charge in [0.1, 0.15) is 11.4 Å². The normalized spacial score (nSPS) is 21.9. The molecule has 2 fully saturated rings. The molecule has 2 aliphatic heterocycles. The molecule has 1 spiro atoms. The molecule has 44 heavy (non-hydrogen) atoms. The second-order valence-electron chi connectivity index (χ2n) is 12.6. The molecule has 1 saturated heterocycles. The highest BCUT2D eigenvalue weighted by molar-refractivity contribution is 7.89. The van der Waals surface area contributed by atoms with E-state index >= 15 is 0 Å². The fourth-order valence-corrected chi connectivity index (χ4v) is 8.28. The number of nitrogens with zero attached hydrogens (tertiary/aromatic N) is 3. The molecule has 0 atom stereocenters. The van der Waals surface area contributed by atoms with Crippen molar-refractivity contribution >= 4 is 50.7 Å². The van der Waals surface area contributed by atoms with Crippen molar-refractivity contribution in [3.05, 3.63) is 64.7 Å². The van der Waals surface area contributed by atoms with Crippen LogP contribution in [0.25, 0.3) is 0 Å². The average Bonchev–Trinajstić information content (AvgIpc) is 3.31. The van der Waals surface area contributed by atoms with Crippen LogP contribution in [-0.4, -0.2) is 66.9 Å². The highest BCUT2D eigenvalue weighted by Gasteiger charge is 2.48. The lowest BCUT2D eigenvalue weighted by molar-refractivity contribution is -0.125. The van der Waals surface area contributed by atoms with E-state index in [4.69, 9.17) is 17.2 Å². The number of amides is 2. The van der Waals surface area contributed by atoms with E-state index in [9.17, 15) is 18.0 Å². The minimum atomic E-state index is -3.52. The Morgan fingerprint density at radius 2 is 1.70 bits per heavy atom. The van der Waals surface area contributed by atoms with Crippen LogP contribution >= 0.6 is 12.2 Å². The van der Waals surface area contributed by atoms with Crippen molar-refractivity contribution in [2.24, 2.45) is 16.8 Å². The number of aryl methyl sites for hydroxylation is 2. The SMILES string of the molecule is Cc1cc(N(C)C(=S)NC(=O)c2ccccc2)cc(C)c1CCS(=O)(=O)N1CCC2(CC1)N=C([C@H]1CC[C@H](C)CC1)NC2=O. The smallest absolute Gasteiger partial charge is 0.257 e. The summed E-state index contributed by atoms with van der Waals surface area (Å²) >= 11 is 5.49. The Kier molecular flexibility index (Phi) is 9.58. The molecule has 2 aromatic rings. The Morgan fingerprint density at radius 1 is 1.09 bits per heavy atom. The van der Waals surface area contributed by atoms with Crippen molar-refractivity contribution in [2.45, 2.75) is 71.3 Å². The first kappa shape index (κ1) is 32.2. The van der Waals surface area contributed by atoms with Crippen molar-refractivity contribution in [1.29, 1.82) is 0 Å². The van der Waals surface area contributed by atoms with Crippen LogP contribution in [0.15, 0.2) is 47.5 Å². The van der Waals surface area contributed by atoms with Gasteiger partial charge in [-0.3, -0.25) is 19.9 Å². The van der Waals surface area contributed by atoms with Crippen LogP contribution in [0.2, 0.25) is 0 Å². The molecule has 0 unspecified atom stereocenters. The number of anilines is 1. The third-order valence-electron chi connectivity index (χ3n) is 9.58. The van der Waals surface area contributed by atoms with Gasteiger partial charge in [0.05, 0.1) is 5.75 Å². The molecule has 0 bridgehead atoms. The summed E-state index contributed by atoms with van der Waals surface area (Å²) in [6.45, 7) is 6.78. The van der Waals surface area contributed by atoms with Crippen LogP contribution in [-0.2, 0) is 21.2 Å². The predicted molar refractivity (Wildman–Crippen MR) is 179 cm³/mol. The first-order valence-corrected chi connectivity index (χ1v) is 17.5. The van der Waals surface area contributed by atoms with E-state index in [1.54, 1.807) is 36.2 Å². The average molecular weight is 638 g/mol. The van der Waals surface area contributed by atoms with Crippen molar-refractivity contribution < 1.29 is 18.0 Å². The van der Waals surface area contributed by atoms with Gasteiger partial charge in [-0.1, -0.05) is 38.0 Å². The standard InChI is InChI=1S/C33H43N5O4S2/c1-22-10-12-25(13-11-22)29-34-31(40)33(36-29)15-17-38(18-16-33)44(41,42)19-14-28-23(2)20-27(21-24(28)3)37(4)32(43)35-30(39)26-8-6-5-7-9-26/h5-9,20-22,25H,10-19H2,1-4H3,(H,34,36,40)(H,35,39,43)/t22-,25-. The van der Waals surface area contributed by atoms with E-state index in [0.29, 0.717) is 43.8 Å². The zero-order valence-electron chi connectivity index (χ0n) is 26.1. The molecule has 1 aliphatic carbocycles. The van der Waals surface area contributed by atoms with Gasteiger partial charge in [-0.25, -0.2) is 12.7 Å². The maximum absolute atomic E-state index is 13.4. The number of amidine groups is 1. The number of carbonyl (C=O) groups excluding carboxylic acids is 2. The van der Waals surface area contributed by atoms with E-state index < -0.39 is 15.6 Å². The molecule has 1 saturated carbocycles. The number of carbonyl (C=O) groups is 2. The lowest BCUT2D eigenvalue weighted by Gasteiger charge is -2.34. The summed E-state index contributed by atoms with van der Waals surface area (Å²) in [6.07, 6.45) is 5.59. The van der Waals surface area contributed by atoms with Gasteiger partial charge in [-0.15, -0.1) is 0 Å². The number of nitrogens with one attached hydrogen (secondary N) is 2. The third-order valence-corrected chi connectivity index (χ3v) is 11.8. The van der Waals surface area contributed by atoms with Gasteiger partial charge in [0.25, 0.3) is 11.8 Å². The summed E-state index contributed by atoms with van der Waals surface area (Å²) in [5.74, 6) is 1.48. The second-order valence-corrected chi connectivity index (χ2v) is 15.1. The molecule has 0 radical (unpaired) electrons. The fraction of sp³-hybridized carbons (Fsp3) is 0.515. The zero-order valence-corrected chi connectivity index (χ0v) is 27.7. The summed E-state index contributed by atoms with van der Waals surface area (Å²) in [7, 11) is -1.73. The molecule has 0 aromatic heterocycles. The molecule has 9 nitrogen and oxygen atoms in total. The van der Waals surface area contributed by atoms with Gasteiger partial charge in [0, 0.05) is 37.3 Å². The molecular formula is C33H43N5O4S2. The van der Waals surface area contributed by atoms with Crippen molar-refractivity contribution in [3.8, 4) is 0 Å². The molecule has 2 amide bonds. The molecule has 2 heterocycles. The highest BCUT2D eigenvalue weighted by atomic mass is 32.2. The Labute approximate surface area is 266 Å². The second kappa shape index (κ2) is 13.1. The van der Waals surface area contributed by atoms with Crippen molar-refractivity contribution in [1.82, 2.24) is 14.9 Å².